The normalized spacial score (nSPS) is 10.1. The molecular weight excluding hydrogens is 242 g/mol. The Morgan fingerprint density at radius 2 is 1.58 bits per heavy atom. The average Bonchev–Trinajstić information content (AvgIpc) is 2.38. The Bertz CT molecular complexity index is 427. The molecule has 1 aromatic rings. The average molecular weight is 263 g/mol. The number of benzene rings is 1. The second kappa shape index (κ2) is 7.41. The molecule has 0 radical (unpaired) electrons. The zero-order chi connectivity index (χ0) is 14.3. The van der Waals surface area contributed by atoms with Crippen LogP contribution in [0.3, 0.4) is 0 Å². The van der Waals surface area contributed by atoms with Crippen LogP contribution >= 0.6 is 0 Å². The van der Waals surface area contributed by atoms with Crippen molar-refractivity contribution in [1.82, 2.24) is 5.32 Å². The SMILES string of the molecule is CNC(=O)Nc1ccc(NC(=O)CCC(C)C)cc1. The number of carbonyl (C=O) groups is 2. The molecule has 0 aliphatic rings. The van der Waals surface area contributed by atoms with E-state index < -0.39 is 0 Å². The molecule has 1 aromatic carbocycles. The van der Waals surface area contributed by atoms with Gasteiger partial charge < -0.3 is 16.0 Å². The zero-order valence-corrected chi connectivity index (χ0v) is 11.6. The van der Waals surface area contributed by atoms with Gasteiger partial charge in [-0.1, -0.05) is 13.8 Å². The van der Waals surface area contributed by atoms with Gasteiger partial charge in [0.2, 0.25) is 5.91 Å². The lowest BCUT2D eigenvalue weighted by Gasteiger charge is -2.08. The summed E-state index contributed by atoms with van der Waals surface area (Å²) in [5.41, 5.74) is 1.41. The highest BCUT2D eigenvalue weighted by atomic mass is 16.2. The summed E-state index contributed by atoms with van der Waals surface area (Å²) in [6.45, 7) is 4.18. The lowest BCUT2D eigenvalue weighted by molar-refractivity contribution is -0.116. The highest BCUT2D eigenvalue weighted by Crippen LogP contribution is 2.14. The Morgan fingerprint density at radius 1 is 1.05 bits per heavy atom. The number of hydrogen-bond donors (Lipinski definition) is 3. The number of anilines is 2. The smallest absolute Gasteiger partial charge is 0.318 e. The molecule has 0 spiro atoms. The molecule has 104 valence electrons. The number of amides is 3. The number of rotatable bonds is 5. The molecule has 3 N–H and O–H groups in total. The number of carbonyl (C=O) groups excluding carboxylic acids is 2. The third kappa shape index (κ3) is 5.90. The van der Waals surface area contributed by atoms with Crippen molar-refractivity contribution in [2.75, 3.05) is 17.7 Å². The molecule has 1 rings (SSSR count). The molecule has 19 heavy (non-hydrogen) atoms. The highest BCUT2D eigenvalue weighted by molar-refractivity contribution is 5.92. The minimum Gasteiger partial charge on any atom is -0.341 e. The van der Waals surface area contributed by atoms with Gasteiger partial charge in [0.05, 0.1) is 0 Å². The van der Waals surface area contributed by atoms with Crippen molar-refractivity contribution in [2.45, 2.75) is 26.7 Å². The van der Waals surface area contributed by atoms with Crippen molar-refractivity contribution in [3.63, 3.8) is 0 Å². The molecule has 5 heteroatoms. The Kier molecular flexibility index (Phi) is 5.85. The molecule has 0 atom stereocenters. The van der Waals surface area contributed by atoms with Crippen molar-refractivity contribution < 1.29 is 9.59 Å². The van der Waals surface area contributed by atoms with Crippen LogP contribution < -0.4 is 16.0 Å². The van der Waals surface area contributed by atoms with Crippen molar-refractivity contribution in [1.29, 1.82) is 0 Å². The Balaban J connectivity index is 2.47. The summed E-state index contributed by atoms with van der Waals surface area (Å²) >= 11 is 0. The fourth-order valence-corrected chi connectivity index (χ4v) is 1.47. The predicted molar refractivity (Wildman–Crippen MR) is 77.2 cm³/mol. The molecule has 0 fully saturated rings. The van der Waals surface area contributed by atoms with E-state index in [2.05, 4.69) is 29.8 Å². The van der Waals surface area contributed by atoms with E-state index in [1.54, 1.807) is 31.3 Å². The topological polar surface area (TPSA) is 70.2 Å². The van der Waals surface area contributed by atoms with E-state index in [4.69, 9.17) is 0 Å². The first-order valence-corrected chi connectivity index (χ1v) is 6.40. The van der Waals surface area contributed by atoms with Gasteiger partial charge in [-0.25, -0.2) is 4.79 Å². The van der Waals surface area contributed by atoms with Crippen LogP contribution in [0.1, 0.15) is 26.7 Å². The lowest BCUT2D eigenvalue weighted by Crippen LogP contribution is -2.24. The molecule has 0 saturated carbocycles. The highest BCUT2D eigenvalue weighted by Gasteiger charge is 2.04. The maximum Gasteiger partial charge on any atom is 0.318 e. The zero-order valence-electron chi connectivity index (χ0n) is 11.6. The first-order chi connectivity index (χ1) is 9.01. The quantitative estimate of drug-likeness (QED) is 0.764. The van der Waals surface area contributed by atoms with E-state index in [1.807, 2.05) is 0 Å². The largest absolute Gasteiger partial charge is 0.341 e. The van der Waals surface area contributed by atoms with E-state index in [-0.39, 0.29) is 11.9 Å². The van der Waals surface area contributed by atoms with Crippen LogP contribution in [0, 0.1) is 5.92 Å². The molecule has 0 unspecified atom stereocenters. The molecule has 0 heterocycles. The third-order valence-corrected chi connectivity index (χ3v) is 2.60. The van der Waals surface area contributed by atoms with Crippen LogP contribution in [-0.2, 0) is 4.79 Å². The van der Waals surface area contributed by atoms with E-state index >= 15 is 0 Å². The summed E-state index contributed by atoms with van der Waals surface area (Å²) in [7, 11) is 1.55. The van der Waals surface area contributed by atoms with Crippen molar-refractivity contribution in [2.24, 2.45) is 5.92 Å². The van der Waals surface area contributed by atoms with Crippen LogP contribution in [0.4, 0.5) is 16.2 Å². The monoisotopic (exact) mass is 263 g/mol. The van der Waals surface area contributed by atoms with Crippen molar-refractivity contribution in [3.8, 4) is 0 Å². The lowest BCUT2D eigenvalue weighted by atomic mass is 10.1. The summed E-state index contributed by atoms with van der Waals surface area (Å²) in [5, 5.41) is 7.94. The van der Waals surface area contributed by atoms with Crippen LogP contribution in [0.15, 0.2) is 24.3 Å². The van der Waals surface area contributed by atoms with Gasteiger partial charge in [-0.2, -0.15) is 0 Å². The summed E-state index contributed by atoms with van der Waals surface area (Å²) in [6, 6.07) is 6.74. The summed E-state index contributed by atoms with van der Waals surface area (Å²) in [5.74, 6) is 0.533. The minimum atomic E-state index is -0.270. The molecule has 0 saturated heterocycles. The first kappa shape index (κ1) is 15.0. The maximum absolute atomic E-state index is 11.6. The van der Waals surface area contributed by atoms with Gasteiger partial charge in [-0.3, -0.25) is 4.79 Å². The summed E-state index contributed by atoms with van der Waals surface area (Å²) in [6.07, 6.45) is 1.40. The van der Waals surface area contributed by atoms with E-state index in [0.29, 0.717) is 18.0 Å². The molecule has 0 aliphatic carbocycles. The molecule has 5 nitrogen and oxygen atoms in total. The Hall–Kier alpha value is -2.04. The second-order valence-electron chi connectivity index (χ2n) is 4.76. The van der Waals surface area contributed by atoms with E-state index in [1.165, 1.54) is 0 Å². The standard InChI is InChI=1S/C14H21N3O2/c1-10(2)4-9-13(18)16-11-5-7-12(8-6-11)17-14(19)15-3/h5-8,10H,4,9H2,1-3H3,(H,16,18)(H2,15,17,19). The Labute approximate surface area is 113 Å². The summed E-state index contributed by atoms with van der Waals surface area (Å²) in [4.78, 5) is 22.7. The van der Waals surface area contributed by atoms with Crippen LogP contribution in [-0.4, -0.2) is 19.0 Å². The fraction of sp³-hybridized carbons (Fsp3) is 0.429. The minimum absolute atomic E-state index is 0.0145. The van der Waals surface area contributed by atoms with Gasteiger partial charge in [-0.15, -0.1) is 0 Å². The maximum atomic E-state index is 11.6. The summed E-state index contributed by atoms with van der Waals surface area (Å²) < 4.78 is 0. The fourth-order valence-electron chi connectivity index (χ4n) is 1.47. The van der Waals surface area contributed by atoms with Gasteiger partial charge in [0.15, 0.2) is 0 Å². The van der Waals surface area contributed by atoms with Crippen molar-refractivity contribution in [3.05, 3.63) is 24.3 Å². The molecule has 0 bridgehead atoms. The Morgan fingerprint density at radius 3 is 2.05 bits per heavy atom. The van der Waals surface area contributed by atoms with Crippen LogP contribution in [0.2, 0.25) is 0 Å². The predicted octanol–water partition coefficient (Wildman–Crippen LogP) is 2.81. The van der Waals surface area contributed by atoms with E-state index in [9.17, 15) is 9.59 Å². The first-order valence-electron chi connectivity index (χ1n) is 6.40. The molecule has 0 aliphatic heterocycles. The van der Waals surface area contributed by atoms with Crippen LogP contribution in [0.25, 0.3) is 0 Å². The second-order valence-corrected chi connectivity index (χ2v) is 4.76. The van der Waals surface area contributed by atoms with Gasteiger partial charge in [0.25, 0.3) is 0 Å². The third-order valence-electron chi connectivity index (χ3n) is 2.60. The van der Waals surface area contributed by atoms with E-state index in [0.717, 1.165) is 12.1 Å². The van der Waals surface area contributed by atoms with Gasteiger partial charge in [0, 0.05) is 24.8 Å². The van der Waals surface area contributed by atoms with Gasteiger partial charge >= 0.3 is 6.03 Å². The van der Waals surface area contributed by atoms with Gasteiger partial charge in [0.1, 0.15) is 0 Å². The molecular formula is C14H21N3O2. The number of nitrogens with one attached hydrogen (secondary N) is 3. The molecule has 0 aromatic heterocycles. The molecule has 3 amide bonds. The number of hydrogen-bond acceptors (Lipinski definition) is 2. The van der Waals surface area contributed by atoms with Crippen molar-refractivity contribution >= 4 is 23.3 Å². The van der Waals surface area contributed by atoms with Crippen LogP contribution in [0.5, 0.6) is 0 Å². The number of urea groups is 1. The van der Waals surface area contributed by atoms with Gasteiger partial charge in [-0.05, 0) is 36.6 Å².